The molecule has 2 unspecified atom stereocenters. The van der Waals surface area contributed by atoms with Crippen LogP contribution in [0, 0.1) is 5.92 Å². The van der Waals surface area contributed by atoms with E-state index in [1.165, 1.54) is 0 Å². The molecule has 3 aliphatic rings. The van der Waals surface area contributed by atoms with Crippen LogP contribution in [0.1, 0.15) is 51.4 Å². The third-order valence-electron chi connectivity index (χ3n) is 5.09. The van der Waals surface area contributed by atoms with Gasteiger partial charge >= 0.3 is 0 Å². The van der Waals surface area contributed by atoms with E-state index in [9.17, 15) is 13.6 Å². The molecular formula is C14H22F2N2O. The Hall–Kier alpha value is -0.710. The lowest BCUT2D eigenvalue weighted by atomic mass is 9.84. The number of carbonyl (C=O) groups excluding carboxylic acids is 1. The molecule has 0 aromatic heterocycles. The van der Waals surface area contributed by atoms with Gasteiger partial charge in [0.25, 0.3) is 0 Å². The zero-order valence-corrected chi connectivity index (χ0v) is 11.2. The van der Waals surface area contributed by atoms with E-state index in [-0.39, 0.29) is 42.8 Å². The summed E-state index contributed by atoms with van der Waals surface area (Å²) in [5.74, 6) is -2.62. The summed E-state index contributed by atoms with van der Waals surface area (Å²) in [7, 11) is 0. The summed E-state index contributed by atoms with van der Waals surface area (Å²) in [4.78, 5) is 14.6. The number of fused-ring (bicyclic) bond motifs is 2. The molecule has 2 aliphatic heterocycles. The van der Waals surface area contributed by atoms with Gasteiger partial charge in [-0.3, -0.25) is 4.79 Å². The lowest BCUT2D eigenvalue weighted by Gasteiger charge is -2.40. The van der Waals surface area contributed by atoms with Crippen LogP contribution in [0.2, 0.25) is 0 Å². The first-order valence-corrected chi connectivity index (χ1v) is 7.42. The smallest absolute Gasteiger partial charge is 0.248 e. The fourth-order valence-electron chi connectivity index (χ4n) is 4.08. The van der Waals surface area contributed by atoms with Gasteiger partial charge < -0.3 is 10.6 Å². The summed E-state index contributed by atoms with van der Waals surface area (Å²) in [6.07, 6.45) is 4.25. The van der Waals surface area contributed by atoms with Crippen molar-refractivity contribution in [3.8, 4) is 0 Å². The number of nitrogens with zero attached hydrogens (tertiary/aromatic N) is 1. The number of carbonyl (C=O) groups is 1. The molecule has 2 N–H and O–H groups in total. The van der Waals surface area contributed by atoms with Crippen LogP contribution in [0.5, 0.6) is 0 Å². The Morgan fingerprint density at radius 2 is 1.58 bits per heavy atom. The largest absolute Gasteiger partial charge is 0.336 e. The van der Waals surface area contributed by atoms with E-state index in [1.807, 2.05) is 4.90 Å². The molecule has 2 atom stereocenters. The van der Waals surface area contributed by atoms with E-state index in [4.69, 9.17) is 5.73 Å². The lowest BCUT2D eigenvalue weighted by Crippen LogP contribution is -2.52. The van der Waals surface area contributed by atoms with Crippen LogP contribution < -0.4 is 5.73 Å². The second kappa shape index (κ2) is 4.69. The Morgan fingerprint density at radius 3 is 2.11 bits per heavy atom. The van der Waals surface area contributed by atoms with Gasteiger partial charge in [0.05, 0.1) is 0 Å². The molecule has 1 saturated carbocycles. The highest BCUT2D eigenvalue weighted by molar-refractivity contribution is 5.80. The Morgan fingerprint density at radius 1 is 1.05 bits per heavy atom. The van der Waals surface area contributed by atoms with Crippen molar-refractivity contribution in [1.29, 1.82) is 0 Å². The molecule has 3 fully saturated rings. The molecule has 0 spiro atoms. The number of piperidine rings is 1. The Labute approximate surface area is 112 Å². The van der Waals surface area contributed by atoms with E-state index in [1.54, 1.807) is 0 Å². The van der Waals surface area contributed by atoms with Crippen molar-refractivity contribution in [2.24, 2.45) is 11.7 Å². The van der Waals surface area contributed by atoms with Gasteiger partial charge in [-0.15, -0.1) is 0 Å². The van der Waals surface area contributed by atoms with E-state index < -0.39 is 5.92 Å². The van der Waals surface area contributed by atoms with Gasteiger partial charge in [-0.25, -0.2) is 8.78 Å². The molecule has 108 valence electrons. The number of amides is 1. The average molecular weight is 272 g/mol. The monoisotopic (exact) mass is 272 g/mol. The van der Waals surface area contributed by atoms with Crippen LogP contribution in [0.3, 0.4) is 0 Å². The number of hydrogen-bond acceptors (Lipinski definition) is 2. The zero-order chi connectivity index (χ0) is 13.6. The van der Waals surface area contributed by atoms with Gasteiger partial charge in [-0.2, -0.15) is 0 Å². The summed E-state index contributed by atoms with van der Waals surface area (Å²) in [5.41, 5.74) is 5.99. The topological polar surface area (TPSA) is 46.3 Å². The van der Waals surface area contributed by atoms with Crippen molar-refractivity contribution in [1.82, 2.24) is 4.90 Å². The van der Waals surface area contributed by atoms with Crippen LogP contribution in [-0.2, 0) is 4.79 Å². The van der Waals surface area contributed by atoms with E-state index in [2.05, 4.69) is 0 Å². The summed E-state index contributed by atoms with van der Waals surface area (Å²) in [6.45, 7) is 0. The molecule has 0 radical (unpaired) electrons. The molecule has 1 amide bonds. The Bertz CT molecular complexity index is 350. The quantitative estimate of drug-likeness (QED) is 0.796. The highest BCUT2D eigenvalue weighted by Crippen LogP contribution is 2.41. The normalized spacial score (nSPS) is 38.5. The van der Waals surface area contributed by atoms with E-state index in [0.29, 0.717) is 12.8 Å². The summed E-state index contributed by atoms with van der Waals surface area (Å²) < 4.78 is 26.3. The van der Waals surface area contributed by atoms with Crippen LogP contribution >= 0.6 is 0 Å². The maximum absolute atomic E-state index is 13.2. The fourth-order valence-corrected chi connectivity index (χ4v) is 4.08. The highest BCUT2D eigenvalue weighted by atomic mass is 19.3. The molecule has 0 aromatic carbocycles. The zero-order valence-electron chi connectivity index (χ0n) is 11.2. The van der Waals surface area contributed by atoms with Crippen LogP contribution in [0.25, 0.3) is 0 Å². The Kier molecular flexibility index (Phi) is 3.28. The summed E-state index contributed by atoms with van der Waals surface area (Å²) in [5, 5.41) is 0. The maximum Gasteiger partial charge on any atom is 0.248 e. The molecular weight excluding hydrogens is 250 g/mol. The minimum atomic E-state index is -2.56. The second-order valence-corrected chi connectivity index (χ2v) is 6.49. The molecule has 1 aliphatic carbocycles. The third kappa shape index (κ3) is 2.49. The van der Waals surface area contributed by atoms with Gasteiger partial charge in [0.2, 0.25) is 11.8 Å². The minimum Gasteiger partial charge on any atom is -0.336 e. The first kappa shape index (κ1) is 13.3. The number of nitrogens with two attached hydrogens (primary N) is 1. The lowest BCUT2D eigenvalue weighted by molar-refractivity contribution is -0.144. The number of rotatable bonds is 1. The van der Waals surface area contributed by atoms with Crippen LogP contribution in [0.15, 0.2) is 0 Å². The van der Waals surface area contributed by atoms with Gasteiger partial charge in [-0.05, 0) is 38.5 Å². The maximum atomic E-state index is 13.2. The average Bonchev–Trinajstić information content (AvgIpc) is 2.61. The second-order valence-electron chi connectivity index (χ2n) is 6.49. The predicted molar refractivity (Wildman–Crippen MR) is 67.8 cm³/mol. The summed E-state index contributed by atoms with van der Waals surface area (Å²) in [6, 6.07) is 0.740. The molecule has 0 aromatic rings. The SMILES string of the molecule is NC1CC2CCC(C1)N2C(=O)C1CCC(F)(F)CC1. The Balaban J connectivity index is 1.65. The van der Waals surface area contributed by atoms with Gasteiger partial charge in [0, 0.05) is 36.9 Å². The van der Waals surface area contributed by atoms with Gasteiger partial charge in [0.15, 0.2) is 0 Å². The van der Waals surface area contributed by atoms with Crippen LogP contribution in [0.4, 0.5) is 8.78 Å². The van der Waals surface area contributed by atoms with Crippen molar-refractivity contribution < 1.29 is 13.6 Å². The molecule has 2 saturated heterocycles. The van der Waals surface area contributed by atoms with Crippen molar-refractivity contribution >= 4 is 5.91 Å². The van der Waals surface area contributed by atoms with Gasteiger partial charge in [0.1, 0.15) is 0 Å². The standard InChI is InChI=1S/C14H22F2N2O/c15-14(16)5-3-9(4-6-14)13(19)18-11-1-2-12(18)8-10(17)7-11/h9-12H,1-8,17H2. The van der Waals surface area contributed by atoms with E-state index in [0.717, 1.165) is 25.7 Å². The predicted octanol–water partition coefficient (Wildman–Crippen LogP) is 2.29. The van der Waals surface area contributed by atoms with Crippen LogP contribution in [-0.4, -0.2) is 34.9 Å². The van der Waals surface area contributed by atoms with Crippen molar-refractivity contribution in [3.05, 3.63) is 0 Å². The number of halogens is 2. The van der Waals surface area contributed by atoms with E-state index >= 15 is 0 Å². The minimum absolute atomic E-state index is 0.120. The molecule has 5 heteroatoms. The van der Waals surface area contributed by atoms with Crippen molar-refractivity contribution in [3.63, 3.8) is 0 Å². The molecule has 19 heavy (non-hydrogen) atoms. The summed E-state index contributed by atoms with van der Waals surface area (Å²) >= 11 is 0. The molecule has 2 bridgehead atoms. The first-order chi connectivity index (χ1) is 8.96. The van der Waals surface area contributed by atoms with Crippen molar-refractivity contribution in [2.45, 2.75) is 75.4 Å². The molecule has 3 rings (SSSR count). The third-order valence-corrected chi connectivity index (χ3v) is 5.09. The van der Waals surface area contributed by atoms with Gasteiger partial charge in [-0.1, -0.05) is 0 Å². The van der Waals surface area contributed by atoms with Crippen molar-refractivity contribution in [2.75, 3.05) is 0 Å². The molecule has 2 heterocycles. The highest BCUT2D eigenvalue weighted by Gasteiger charge is 2.46. The molecule has 3 nitrogen and oxygen atoms in total. The number of alkyl halides is 2. The fraction of sp³-hybridized carbons (Fsp3) is 0.929. The number of hydrogen-bond donors (Lipinski definition) is 1. The first-order valence-electron chi connectivity index (χ1n) is 7.42.